The van der Waals surface area contributed by atoms with Gasteiger partial charge >= 0.3 is 5.97 Å². The van der Waals surface area contributed by atoms with Crippen LogP contribution in [0.1, 0.15) is 19.3 Å². The number of nitrogens with two attached hydrogens (primary N) is 1. The number of carboxylic acid groups (broad SMARTS) is 1. The van der Waals surface area contributed by atoms with Crippen LogP contribution in [0, 0.1) is 0 Å². The predicted octanol–water partition coefficient (Wildman–Crippen LogP) is -0.754. The standard InChI is InChI=1S/C10H21N3O3/c1-13(2)7-9(14)12-8(10(15)16)5-3-4-6-11/h8H,3-7,11H2,1-2H3,(H,12,14)(H,15,16). The maximum Gasteiger partial charge on any atom is 0.326 e. The van der Waals surface area contributed by atoms with Crippen LogP contribution in [-0.4, -0.2) is 55.1 Å². The van der Waals surface area contributed by atoms with Gasteiger partial charge in [0.15, 0.2) is 0 Å². The Labute approximate surface area is 95.8 Å². The summed E-state index contributed by atoms with van der Waals surface area (Å²) in [6.45, 7) is 0.735. The summed E-state index contributed by atoms with van der Waals surface area (Å²) in [5.74, 6) is -1.27. The van der Waals surface area contributed by atoms with Crippen molar-refractivity contribution in [3.8, 4) is 0 Å². The number of amides is 1. The number of aliphatic carboxylic acids is 1. The SMILES string of the molecule is CN(C)CC(=O)NC(CCCCN)C(=O)O. The third-order valence-electron chi connectivity index (χ3n) is 2.04. The van der Waals surface area contributed by atoms with Crippen molar-refractivity contribution in [3.05, 3.63) is 0 Å². The molecular formula is C10H21N3O3. The molecule has 0 rings (SSSR count). The summed E-state index contributed by atoms with van der Waals surface area (Å²) < 4.78 is 0. The Bertz CT molecular complexity index is 231. The van der Waals surface area contributed by atoms with E-state index < -0.39 is 12.0 Å². The average molecular weight is 231 g/mol. The highest BCUT2D eigenvalue weighted by Gasteiger charge is 2.19. The van der Waals surface area contributed by atoms with Crippen LogP contribution >= 0.6 is 0 Å². The van der Waals surface area contributed by atoms with E-state index in [0.717, 1.165) is 6.42 Å². The Hall–Kier alpha value is -1.14. The first-order chi connectivity index (χ1) is 7.47. The Morgan fingerprint density at radius 1 is 1.38 bits per heavy atom. The molecule has 0 aromatic rings. The van der Waals surface area contributed by atoms with E-state index in [1.807, 2.05) is 0 Å². The summed E-state index contributed by atoms with van der Waals surface area (Å²) in [5.41, 5.74) is 5.32. The van der Waals surface area contributed by atoms with E-state index >= 15 is 0 Å². The maximum absolute atomic E-state index is 11.4. The fourth-order valence-electron chi connectivity index (χ4n) is 1.28. The number of carboxylic acids is 1. The van der Waals surface area contributed by atoms with Gasteiger partial charge in [-0.2, -0.15) is 0 Å². The second-order valence-electron chi connectivity index (χ2n) is 3.98. The number of unbranched alkanes of at least 4 members (excludes halogenated alkanes) is 1. The Balaban J connectivity index is 4.02. The fraction of sp³-hybridized carbons (Fsp3) is 0.800. The Kier molecular flexibility index (Phi) is 7.49. The molecule has 0 aliphatic heterocycles. The summed E-state index contributed by atoms with van der Waals surface area (Å²) in [6.07, 6.45) is 1.90. The molecule has 6 heteroatoms. The molecule has 0 saturated heterocycles. The lowest BCUT2D eigenvalue weighted by atomic mass is 10.1. The number of carbonyl (C=O) groups is 2. The summed E-state index contributed by atoms with van der Waals surface area (Å²) in [4.78, 5) is 23.9. The average Bonchev–Trinajstić information content (AvgIpc) is 2.15. The van der Waals surface area contributed by atoms with Gasteiger partial charge in [0.2, 0.25) is 5.91 Å². The third-order valence-corrected chi connectivity index (χ3v) is 2.04. The van der Waals surface area contributed by atoms with Crippen LogP contribution in [0.2, 0.25) is 0 Å². The molecule has 94 valence electrons. The molecule has 0 aliphatic rings. The van der Waals surface area contributed by atoms with Crippen molar-refractivity contribution in [3.63, 3.8) is 0 Å². The third kappa shape index (κ3) is 7.19. The quantitative estimate of drug-likeness (QED) is 0.478. The highest BCUT2D eigenvalue weighted by molar-refractivity contribution is 5.84. The molecular weight excluding hydrogens is 210 g/mol. The zero-order valence-electron chi connectivity index (χ0n) is 9.90. The van der Waals surface area contributed by atoms with Crippen molar-refractivity contribution >= 4 is 11.9 Å². The van der Waals surface area contributed by atoms with E-state index in [-0.39, 0.29) is 12.5 Å². The van der Waals surface area contributed by atoms with Crippen molar-refractivity contribution in [2.75, 3.05) is 27.2 Å². The van der Waals surface area contributed by atoms with Crippen LogP contribution in [0.15, 0.2) is 0 Å². The van der Waals surface area contributed by atoms with Gasteiger partial charge in [-0.25, -0.2) is 4.79 Å². The second-order valence-corrected chi connectivity index (χ2v) is 3.98. The summed E-state index contributed by atoms with van der Waals surface area (Å²) >= 11 is 0. The highest BCUT2D eigenvalue weighted by atomic mass is 16.4. The number of hydrogen-bond acceptors (Lipinski definition) is 4. The zero-order chi connectivity index (χ0) is 12.6. The van der Waals surface area contributed by atoms with Crippen molar-refractivity contribution in [2.24, 2.45) is 5.73 Å². The molecule has 0 heterocycles. The smallest absolute Gasteiger partial charge is 0.326 e. The van der Waals surface area contributed by atoms with Crippen LogP contribution < -0.4 is 11.1 Å². The first-order valence-corrected chi connectivity index (χ1v) is 5.34. The van der Waals surface area contributed by atoms with Crippen LogP contribution in [-0.2, 0) is 9.59 Å². The molecule has 4 N–H and O–H groups in total. The number of nitrogens with zero attached hydrogens (tertiary/aromatic N) is 1. The number of rotatable bonds is 8. The Morgan fingerprint density at radius 2 is 2.00 bits per heavy atom. The topological polar surface area (TPSA) is 95.7 Å². The molecule has 1 unspecified atom stereocenters. The lowest BCUT2D eigenvalue weighted by Crippen LogP contribution is -2.44. The van der Waals surface area contributed by atoms with Crippen molar-refractivity contribution in [2.45, 2.75) is 25.3 Å². The fourth-order valence-corrected chi connectivity index (χ4v) is 1.28. The van der Waals surface area contributed by atoms with Gasteiger partial charge < -0.3 is 21.1 Å². The van der Waals surface area contributed by atoms with Gasteiger partial charge in [-0.1, -0.05) is 0 Å². The summed E-state index contributed by atoms with van der Waals surface area (Å²) in [7, 11) is 3.51. The lowest BCUT2D eigenvalue weighted by Gasteiger charge is -2.16. The minimum Gasteiger partial charge on any atom is -0.480 e. The van der Waals surface area contributed by atoms with Gasteiger partial charge in [-0.05, 0) is 39.9 Å². The minimum atomic E-state index is -0.996. The molecule has 1 amide bonds. The molecule has 0 radical (unpaired) electrons. The van der Waals surface area contributed by atoms with E-state index in [4.69, 9.17) is 10.8 Å². The number of carbonyl (C=O) groups excluding carboxylic acids is 1. The van der Waals surface area contributed by atoms with Crippen molar-refractivity contribution in [1.29, 1.82) is 0 Å². The minimum absolute atomic E-state index is 0.195. The zero-order valence-corrected chi connectivity index (χ0v) is 9.90. The number of nitrogens with one attached hydrogen (secondary N) is 1. The van der Waals surface area contributed by atoms with Crippen LogP contribution in [0.25, 0.3) is 0 Å². The van der Waals surface area contributed by atoms with E-state index in [1.165, 1.54) is 0 Å². The maximum atomic E-state index is 11.4. The van der Waals surface area contributed by atoms with E-state index in [1.54, 1.807) is 19.0 Å². The second kappa shape index (κ2) is 8.06. The first-order valence-electron chi connectivity index (χ1n) is 5.34. The highest BCUT2D eigenvalue weighted by Crippen LogP contribution is 2.00. The van der Waals surface area contributed by atoms with Gasteiger partial charge in [-0.3, -0.25) is 4.79 Å². The number of likely N-dealkylation sites (N-methyl/N-ethyl adjacent to an activating group) is 1. The molecule has 6 nitrogen and oxygen atoms in total. The molecule has 0 fully saturated rings. The summed E-state index contributed by atoms with van der Waals surface area (Å²) in [5, 5.41) is 11.4. The van der Waals surface area contributed by atoms with Gasteiger partial charge in [0.25, 0.3) is 0 Å². The van der Waals surface area contributed by atoms with Gasteiger partial charge in [0.05, 0.1) is 6.54 Å². The molecule has 16 heavy (non-hydrogen) atoms. The number of hydrogen-bond donors (Lipinski definition) is 3. The monoisotopic (exact) mass is 231 g/mol. The van der Waals surface area contributed by atoms with Gasteiger partial charge in [0, 0.05) is 0 Å². The molecule has 1 atom stereocenters. The molecule has 0 aliphatic carbocycles. The first kappa shape index (κ1) is 14.9. The van der Waals surface area contributed by atoms with Crippen LogP contribution in [0.4, 0.5) is 0 Å². The van der Waals surface area contributed by atoms with Crippen molar-refractivity contribution < 1.29 is 14.7 Å². The van der Waals surface area contributed by atoms with E-state index in [9.17, 15) is 9.59 Å². The summed E-state index contributed by atoms with van der Waals surface area (Å²) in [6, 6.07) is -0.806. The van der Waals surface area contributed by atoms with Gasteiger partial charge in [0.1, 0.15) is 6.04 Å². The predicted molar refractivity (Wildman–Crippen MR) is 61.0 cm³/mol. The lowest BCUT2D eigenvalue weighted by molar-refractivity contribution is -0.142. The Morgan fingerprint density at radius 3 is 2.44 bits per heavy atom. The van der Waals surface area contributed by atoms with Gasteiger partial charge in [-0.15, -0.1) is 0 Å². The largest absolute Gasteiger partial charge is 0.480 e. The molecule has 0 aromatic carbocycles. The normalized spacial score (nSPS) is 12.5. The van der Waals surface area contributed by atoms with Crippen LogP contribution in [0.3, 0.4) is 0 Å². The van der Waals surface area contributed by atoms with E-state index in [0.29, 0.717) is 19.4 Å². The van der Waals surface area contributed by atoms with Crippen LogP contribution in [0.5, 0.6) is 0 Å². The van der Waals surface area contributed by atoms with E-state index in [2.05, 4.69) is 5.32 Å². The molecule has 0 saturated carbocycles. The molecule has 0 bridgehead atoms. The molecule has 0 spiro atoms. The molecule has 0 aromatic heterocycles. The van der Waals surface area contributed by atoms with Crippen molar-refractivity contribution in [1.82, 2.24) is 10.2 Å².